The zero-order valence-corrected chi connectivity index (χ0v) is 11.7. The highest BCUT2D eigenvalue weighted by atomic mass is 16.5. The summed E-state index contributed by atoms with van der Waals surface area (Å²) in [6, 6.07) is 0. The van der Waals surface area contributed by atoms with Crippen molar-refractivity contribution in [3.63, 3.8) is 0 Å². The number of ether oxygens (including phenoxy) is 1. The Hall–Kier alpha value is -0.0800. The van der Waals surface area contributed by atoms with Gasteiger partial charge in [-0.2, -0.15) is 0 Å². The second kappa shape index (κ2) is 5.50. The molecule has 1 aliphatic carbocycles. The summed E-state index contributed by atoms with van der Waals surface area (Å²) < 4.78 is 5.44. The van der Waals surface area contributed by atoms with Crippen molar-refractivity contribution in [2.24, 2.45) is 5.41 Å². The minimum absolute atomic E-state index is 0.228. The normalized spacial score (nSPS) is 22.3. The SMILES string of the molecule is COC(C)CC1(CNC(C)(C)C)CCCC1. The molecule has 96 valence electrons. The quantitative estimate of drug-likeness (QED) is 0.777. The monoisotopic (exact) mass is 227 g/mol. The van der Waals surface area contributed by atoms with Crippen molar-refractivity contribution >= 4 is 0 Å². The van der Waals surface area contributed by atoms with E-state index < -0.39 is 0 Å². The van der Waals surface area contributed by atoms with Crippen LogP contribution in [-0.2, 0) is 4.74 Å². The van der Waals surface area contributed by atoms with Crippen LogP contribution >= 0.6 is 0 Å². The van der Waals surface area contributed by atoms with Crippen LogP contribution in [0.1, 0.15) is 59.8 Å². The maximum atomic E-state index is 5.44. The summed E-state index contributed by atoms with van der Waals surface area (Å²) >= 11 is 0. The van der Waals surface area contributed by atoms with E-state index in [1.54, 1.807) is 0 Å². The first-order chi connectivity index (χ1) is 7.37. The molecule has 1 atom stereocenters. The van der Waals surface area contributed by atoms with Crippen LogP contribution in [0.2, 0.25) is 0 Å². The fourth-order valence-electron chi connectivity index (χ4n) is 2.72. The molecule has 0 aromatic carbocycles. The average molecular weight is 227 g/mol. The molecule has 1 unspecified atom stereocenters. The van der Waals surface area contributed by atoms with Gasteiger partial charge < -0.3 is 10.1 Å². The van der Waals surface area contributed by atoms with E-state index in [4.69, 9.17) is 4.74 Å². The third kappa shape index (κ3) is 4.42. The van der Waals surface area contributed by atoms with Gasteiger partial charge in [0.2, 0.25) is 0 Å². The summed E-state index contributed by atoms with van der Waals surface area (Å²) in [5.74, 6) is 0. The van der Waals surface area contributed by atoms with Crippen molar-refractivity contribution in [1.29, 1.82) is 0 Å². The first-order valence-corrected chi connectivity index (χ1v) is 6.65. The van der Waals surface area contributed by atoms with Crippen LogP contribution in [0.25, 0.3) is 0 Å². The minimum atomic E-state index is 0.228. The summed E-state index contributed by atoms with van der Waals surface area (Å²) in [6.45, 7) is 10.1. The van der Waals surface area contributed by atoms with Crippen LogP contribution in [0.15, 0.2) is 0 Å². The Bertz CT molecular complexity index is 201. The predicted octanol–water partition coefficient (Wildman–Crippen LogP) is 3.36. The van der Waals surface area contributed by atoms with Crippen molar-refractivity contribution in [1.82, 2.24) is 5.32 Å². The van der Waals surface area contributed by atoms with E-state index in [9.17, 15) is 0 Å². The van der Waals surface area contributed by atoms with Gasteiger partial charge in [-0.3, -0.25) is 0 Å². The van der Waals surface area contributed by atoms with Gasteiger partial charge in [0.25, 0.3) is 0 Å². The topological polar surface area (TPSA) is 21.3 Å². The second-order valence-corrected chi connectivity index (χ2v) is 6.56. The maximum absolute atomic E-state index is 5.44. The predicted molar refractivity (Wildman–Crippen MR) is 69.7 cm³/mol. The molecule has 1 N–H and O–H groups in total. The van der Waals surface area contributed by atoms with Crippen LogP contribution in [0, 0.1) is 5.41 Å². The first-order valence-electron chi connectivity index (χ1n) is 6.65. The number of hydrogen-bond donors (Lipinski definition) is 1. The average Bonchev–Trinajstić information content (AvgIpc) is 2.63. The largest absolute Gasteiger partial charge is 0.382 e. The zero-order chi connectivity index (χ0) is 12.2. The van der Waals surface area contributed by atoms with Gasteiger partial charge in [0.05, 0.1) is 6.10 Å². The highest BCUT2D eigenvalue weighted by Crippen LogP contribution is 2.42. The van der Waals surface area contributed by atoms with E-state index in [1.807, 2.05) is 7.11 Å². The molecule has 0 amide bonds. The molecule has 0 heterocycles. The van der Waals surface area contributed by atoms with Gasteiger partial charge in [-0.25, -0.2) is 0 Å². The Kier molecular flexibility index (Phi) is 4.81. The van der Waals surface area contributed by atoms with Crippen molar-refractivity contribution in [2.75, 3.05) is 13.7 Å². The molecule has 0 bridgehead atoms. The van der Waals surface area contributed by atoms with Crippen LogP contribution in [0.5, 0.6) is 0 Å². The van der Waals surface area contributed by atoms with Gasteiger partial charge in [-0.1, -0.05) is 12.8 Å². The lowest BCUT2D eigenvalue weighted by atomic mass is 9.80. The number of nitrogens with one attached hydrogen (secondary N) is 1. The molecule has 0 aromatic rings. The van der Waals surface area contributed by atoms with Crippen LogP contribution in [-0.4, -0.2) is 25.3 Å². The lowest BCUT2D eigenvalue weighted by molar-refractivity contribution is 0.0624. The number of methoxy groups -OCH3 is 1. The Labute approximate surface area is 101 Å². The molecule has 1 rings (SSSR count). The highest BCUT2D eigenvalue weighted by molar-refractivity contribution is 4.90. The van der Waals surface area contributed by atoms with Crippen LogP contribution in [0.3, 0.4) is 0 Å². The fourth-order valence-corrected chi connectivity index (χ4v) is 2.72. The molecule has 0 aromatic heterocycles. The highest BCUT2D eigenvalue weighted by Gasteiger charge is 2.35. The van der Waals surface area contributed by atoms with Gasteiger partial charge in [0.15, 0.2) is 0 Å². The Morgan fingerprint density at radius 2 is 1.81 bits per heavy atom. The van der Waals surface area contributed by atoms with E-state index in [0.717, 1.165) is 6.54 Å². The minimum Gasteiger partial charge on any atom is -0.382 e. The Balaban J connectivity index is 2.52. The van der Waals surface area contributed by atoms with Gasteiger partial charge in [-0.15, -0.1) is 0 Å². The first kappa shape index (κ1) is 14.0. The number of hydrogen-bond acceptors (Lipinski definition) is 2. The van der Waals surface area contributed by atoms with E-state index in [0.29, 0.717) is 11.5 Å². The lowest BCUT2D eigenvalue weighted by Crippen LogP contribution is -2.44. The molecular weight excluding hydrogens is 198 g/mol. The smallest absolute Gasteiger partial charge is 0.0549 e. The molecular formula is C14H29NO. The molecule has 2 heteroatoms. The van der Waals surface area contributed by atoms with Gasteiger partial charge in [0.1, 0.15) is 0 Å². The molecule has 16 heavy (non-hydrogen) atoms. The van der Waals surface area contributed by atoms with Gasteiger partial charge in [-0.05, 0) is 52.4 Å². The van der Waals surface area contributed by atoms with E-state index in [-0.39, 0.29) is 5.54 Å². The van der Waals surface area contributed by atoms with Crippen LogP contribution in [0.4, 0.5) is 0 Å². The summed E-state index contributed by atoms with van der Waals surface area (Å²) in [7, 11) is 1.82. The van der Waals surface area contributed by atoms with E-state index in [1.165, 1.54) is 32.1 Å². The molecule has 0 saturated heterocycles. The standard InChI is InChI=1S/C14H29NO/c1-12(16-5)10-14(8-6-7-9-14)11-15-13(2,3)4/h12,15H,6-11H2,1-5H3. The van der Waals surface area contributed by atoms with Gasteiger partial charge in [0, 0.05) is 19.2 Å². The maximum Gasteiger partial charge on any atom is 0.0549 e. The van der Waals surface area contributed by atoms with Crippen molar-refractivity contribution in [2.45, 2.75) is 71.4 Å². The van der Waals surface area contributed by atoms with Crippen molar-refractivity contribution in [3.05, 3.63) is 0 Å². The molecule has 1 fully saturated rings. The Morgan fingerprint density at radius 1 is 1.25 bits per heavy atom. The third-order valence-electron chi connectivity index (χ3n) is 3.78. The summed E-state index contributed by atoms with van der Waals surface area (Å²) in [4.78, 5) is 0. The number of rotatable bonds is 5. The fraction of sp³-hybridized carbons (Fsp3) is 1.00. The van der Waals surface area contributed by atoms with Crippen molar-refractivity contribution in [3.8, 4) is 0 Å². The molecule has 2 nitrogen and oxygen atoms in total. The molecule has 1 saturated carbocycles. The second-order valence-electron chi connectivity index (χ2n) is 6.56. The zero-order valence-electron chi connectivity index (χ0n) is 11.7. The lowest BCUT2D eigenvalue weighted by Gasteiger charge is -2.35. The summed E-state index contributed by atoms with van der Waals surface area (Å²) in [5.41, 5.74) is 0.717. The van der Waals surface area contributed by atoms with E-state index in [2.05, 4.69) is 33.0 Å². The summed E-state index contributed by atoms with van der Waals surface area (Å²) in [5, 5.41) is 3.68. The van der Waals surface area contributed by atoms with Gasteiger partial charge >= 0.3 is 0 Å². The van der Waals surface area contributed by atoms with Crippen molar-refractivity contribution < 1.29 is 4.74 Å². The molecule has 0 aliphatic heterocycles. The summed E-state index contributed by atoms with van der Waals surface area (Å²) in [6.07, 6.45) is 7.10. The van der Waals surface area contributed by atoms with Crippen LogP contribution < -0.4 is 5.32 Å². The molecule has 1 aliphatic rings. The molecule has 0 radical (unpaired) electrons. The van der Waals surface area contributed by atoms with E-state index >= 15 is 0 Å². The Morgan fingerprint density at radius 3 is 2.25 bits per heavy atom. The molecule has 0 spiro atoms. The third-order valence-corrected chi connectivity index (χ3v) is 3.78.